The highest BCUT2D eigenvalue weighted by Crippen LogP contribution is 2.36. The number of primary amides is 1. The summed E-state index contributed by atoms with van der Waals surface area (Å²) in [5.41, 5.74) is 7.97. The van der Waals surface area contributed by atoms with Crippen LogP contribution in [0.5, 0.6) is 5.75 Å². The van der Waals surface area contributed by atoms with Gasteiger partial charge in [0.15, 0.2) is 5.82 Å². The van der Waals surface area contributed by atoms with Crippen LogP contribution in [0.4, 0.5) is 0 Å². The van der Waals surface area contributed by atoms with Gasteiger partial charge in [0.1, 0.15) is 12.3 Å². The third-order valence-corrected chi connectivity index (χ3v) is 5.11. The summed E-state index contributed by atoms with van der Waals surface area (Å²) in [6.45, 7) is 0.988. The Balaban J connectivity index is 1.47. The Morgan fingerprint density at radius 1 is 1.18 bits per heavy atom. The van der Waals surface area contributed by atoms with Crippen LogP contribution in [0.3, 0.4) is 0 Å². The number of rotatable bonds is 4. The van der Waals surface area contributed by atoms with E-state index in [4.69, 9.17) is 15.0 Å². The number of aromatic nitrogens is 3. The minimum absolute atomic E-state index is 0.0463. The zero-order chi connectivity index (χ0) is 19.1. The maximum atomic E-state index is 11.8. The van der Waals surface area contributed by atoms with Crippen molar-refractivity contribution in [3.05, 3.63) is 77.6 Å². The van der Waals surface area contributed by atoms with Crippen LogP contribution < -0.4 is 10.5 Å². The lowest BCUT2D eigenvalue weighted by atomic mass is 9.92. The molecule has 0 radical (unpaired) electrons. The number of benzene rings is 2. The maximum absolute atomic E-state index is 11.8. The zero-order valence-corrected chi connectivity index (χ0v) is 15.0. The molecular formula is C21H18N4O3. The second-order valence-electron chi connectivity index (χ2n) is 6.83. The quantitative estimate of drug-likeness (QED) is 0.592. The summed E-state index contributed by atoms with van der Waals surface area (Å²) >= 11 is 0. The van der Waals surface area contributed by atoms with Gasteiger partial charge in [0.2, 0.25) is 5.89 Å². The third-order valence-electron chi connectivity index (χ3n) is 5.11. The van der Waals surface area contributed by atoms with Crippen LogP contribution in [-0.2, 0) is 6.54 Å². The summed E-state index contributed by atoms with van der Waals surface area (Å²) in [6, 6.07) is 15.6. The number of para-hydroxylation sites is 2. The minimum Gasteiger partial charge on any atom is -0.493 e. The monoisotopic (exact) mass is 374 g/mol. The van der Waals surface area contributed by atoms with Crippen molar-refractivity contribution in [3.63, 3.8) is 0 Å². The van der Waals surface area contributed by atoms with E-state index >= 15 is 0 Å². The summed E-state index contributed by atoms with van der Waals surface area (Å²) < 4.78 is 13.1. The van der Waals surface area contributed by atoms with Crippen LogP contribution in [0.15, 0.2) is 59.3 Å². The Kier molecular flexibility index (Phi) is 3.86. The highest BCUT2D eigenvalue weighted by Gasteiger charge is 2.27. The molecule has 0 aliphatic carbocycles. The summed E-state index contributed by atoms with van der Waals surface area (Å²) in [5, 5.41) is 5.02. The summed E-state index contributed by atoms with van der Waals surface area (Å²) in [5.74, 6) is 1.59. The van der Waals surface area contributed by atoms with Gasteiger partial charge in [-0.15, -0.1) is 0 Å². The van der Waals surface area contributed by atoms with Gasteiger partial charge in [0.05, 0.1) is 18.1 Å². The van der Waals surface area contributed by atoms with Crippen LogP contribution in [0, 0.1) is 0 Å². The van der Waals surface area contributed by atoms with Crippen molar-refractivity contribution in [2.45, 2.75) is 18.9 Å². The molecule has 0 bridgehead atoms. The second-order valence-corrected chi connectivity index (χ2v) is 6.83. The van der Waals surface area contributed by atoms with E-state index in [0.717, 1.165) is 28.6 Å². The molecule has 5 rings (SSSR count). The van der Waals surface area contributed by atoms with Gasteiger partial charge in [0, 0.05) is 22.7 Å². The van der Waals surface area contributed by atoms with Crippen molar-refractivity contribution >= 4 is 16.8 Å². The molecule has 3 heterocycles. The van der Waals surface area contributed by atoms with E-state index in [-0.39, 0.29) is 5.92 Å². The summed E-state index contributed by atoms with van der Waals surface area (Å²) in [7, 11) is 0. The standard InChI is InChI=1S/C21H18N4O3/c22-20(26)16-11-25(17-7-3-1-5-13(16)17)12-19-23-21(24-28-19)15-9-10-27-18-8-4-2-6-14(15)18/h1-8,11,15H,9-10,12H2,(H2,22,26). The van der Waals surface area contributed by atoms with Gasteiger partial charge in [0.25, 0.3) is 5.91 Å². The van der Waals surface area contributed by atoms with Crippen molar-refractivity contribution in [3.8, 4) is 5.75 Å². The molecule has 1 unspecified atom stereocenters. The number of hydrogen-bond donors (Lipinski definition) is 1. The number of fused-ring (bicyclic) bond motifs is 2. The van der Waals surface area contributed by atoms with E-state index in [2.05, 4.69) is 10.1 Å². The molecule has 2 aromatic heterocycles. The van der Waals surface area contributed by atoms with Crippen molar-refractivity contribution in [2.24, 2.45) is 5.73 Å². The van der Waals surface area contributed by atoms with Crippen molar-refractivity contribution in [1.29, 1.82) is 0 Å². The Hall–Kier alpha value is -3.61. The molecule has 7 nitrogen and oxygen atoms in total. The molecule has 4 aromatic rings. The van der Waals surface area contributed by atoms with Gasteiger partial charge in [-0.05, 0) is 18.6 Å². The Morgan fingerprint density at radius 3 is 2.89 bits per heavy atom. The number of amides is 1. The number of carbonyl (C=O) groups excluding carboxylic acids is 1. The second kappa shape index (κ2) is 6.53. The minimum atomic E-state index is -0.458. The average molecular weight is 374 g/mol. The van der Waals surface area contributed by atoms with Crippen LogP contribution in [-0.4, -0.2) is 27.2 Å². The molecule has 0 fully saturated rings. The fraction of sp³-hybridized carbons (Fsp3) is 0.190. The van der Waals surface area contributed by atoms with E-state index < -0.39 is 5.91 Å². The fourth-order valence-electron chi connectivity index (χ4n) is 3.80. The molecule has 0 spiro atoms. The van der Waals surface area contributed by atoms with E-state index in [1.54, 1.807) is 6.20 Å². The molecule has 0 saturated heterocycles. The lowest BCUT2D eigenvalue weighted by Gasteiger charge is -2.23. The van der Waals surface area contributed by atoms with Gasteiger partial charge in [-0.2, -0.15) is 4.98 Å². The number of hydrogen-bond acceptors (Lipinski definition) is 5. The maximum Gasteiger partial charge on any atom is 0.250 e. The first-order chi connectivity index (χ1) is 13.7. The summed E-state index contributed by atoms with van der Waals surface area (Å²) in [4.78, 5) is 16.4. The van der Waals surface area contributed by atoms with Crippen molar-refractivity contribution in [1.82, 2.24) is 14.7 Å². The van der Waals surface area contributed by atoms with Gasteiger partial charge >= 0.3 is 0 Å². The van der Waals surface area contributed by atoms with Gasteiger partial charge in [-0.3, -0.25) is 4.79 Å². The number of ether oxygens (including phenoxy) is 1. The topological polar surface area (TPSA) is 96.2 Å². The highest BCUT2D eigenvalue weighted by atomic mass is 16.5. The lowest BCUT2D eigenvalue weighted by molar-refractivity contribution is 0.100. The molecule has 28 heavy (non-hydrogen) atoms. The molecule has 0 saturated carbocycles. The molecule has 1 amide bonds. The van der Waals surface area contributed by atoms with Crippen molar-refractivity contribution < 1.29 is 14.1 Å². The van der Waals surface area contributed by atoms with Gasteiger partial charge in [-0.25, -0.2) is 0 Å². The molecule has 2 N–H and O–H groups in total. The largest absolute Gasteiger partial charge is 0.493 e. The van der Waals surface area contributed by atoms with E-state index in [1.807, 2.05) is 53.1 Å². The van der Waals surface area contributed by atoms with Crippen LogP contribution in [0.2, 0.25) is 0 Å². The van der Waals surface area contributed by atoms with E-state index in [1.165, 1.54) is 0 Å². The Bertz CT molecular complexity index is 1180. The molecular weight excluding hydrogens is 356 g/mol. The SMILES string of the molecule is NC(=O)c1cn(Cc2nc(C3CCOc4ccccc43)no2)c2ccccc12. The van der Waals surface area contributed by atoms with E-state index in [9.17, 15) is 4.79 Å². The Morgan fingerprint density at radius 2 is 2.00 bits per heavy atom. The Labute approximate surface area is 160 Å². The lowest BCUT2D eigenvalue weighted by Crippen LogP contribution is -2.16. The third kappa shape index (κ3) is 2.72. The van der Waals surface area contributed by atoms with Crippen molar-refractivity contribution in [2.75, 3.05) is 6.61 Å². The highest BCUT2D eigenvalue weighted by molar-refractivity contribution is 6.06. The first-order valence-corrected chi connectivity index (χ1v) is 9.12. The molecule has 7 heteroatoms. The molecule has 1 atom stereocenters. The van der Waals surface area contributed by atoms with Crippen LogP contribution in [0.1, 0.15) is 40.0 Å². The normalized spacial score (nSPS) is 15.9. The molecule has 140 valence electrons. The van der Waals surface area contributed by atoms with Crippen LogP contribution in [0.25, 0.3) is 10.9 Å². The summed E-state index contributed by atoms with van der Waals surface area (Å²) in [6.07, 6.45) is 2.54. The van der Waals surface area contributed by atoms with Gasteiger partial charge in [-0.1, -0.05) is 41.6 Å². The molecule has 1 aliphatic rings. The number of nitrogens with zero attached hydrogens (tertiary/aromatic N) is 3. The van der Waals surface area contributed by atoms with E-state index in [0.29, 0.717) is 30.4 Å². The first kappa shape index (κ1) is 16.6. The predicted molar refractivity (Wildman–Crippen MR) is 102 cm³/mol. The molecule has 1 aliphatic heterocycles. The fourth-order valence-corrected chi connectivity index (χ4v) is 3.80. The van der Waals surface area contributed by atoms with Gasteiger partial charge < -0.3 is 19.6 Å². The number of carbonyl (C=O) groups is 1. The van der Waals surface area contributed by atoms with Crippen LogP contribution >= 0.6 is 0 Å². The zero-order valence-electron chi connectivity index (χ0n) is 15.0. The predicted octanol–water partition coefficient (Wildman–Crippen LogP) is 3.09. The smallest absolute Gasteiger partial charge is 0.250 e. The molecule has 2 aromatic carbocycles. The first-order valence-electron chi connectivity index (χ1n) is 9.12. The average Bonchev–Trinajstić information content (AvgIpc) is 3.33. The number of nitrogens with two attached hydrogens (primary N) is 1.